The van der Waals surface area contributed by atoms with Gasteiger partial charge in [-0.3, -0.25) is 4.79 Å². The number of aromatic nitrogens is 3. The van der Waals surface area contributed by atoms with Crippen molar-refractivity contribution in [2.24, 2.45) is 17.8 Å². The minimum atomic E-state index is 0.237. The number of aryl methyl sites for hydroxylation is 1. The van der Waals surface area contributed by atoms with Gasteiger partial charge >= 0.3 is 0 Å². The lowest BCUT2D eigenvalue weighted by Gasteiger charge is -2.21. The van der Waals surface area contributed by atoms with Crippen molar-refractivity contribution in [3.05, 3.63) is 11.6 Å². The Bertz CT molecular complexity index is 532. The average molecular weight is 288 g/mol. The lowest BCUT2D eigenvalue weighted by molar-refractivity contribution is -0.123. The highest BCUT2D eigenvalue weighted by Crippen LogP contribution is 2.49. The first-order valence-electron chi connectivity index (χ1n) is 8.51. The van der Waals surface area contributed by atoms with Crippen LogP contribution in [0, 0.1) is 17.8 Å². The van der Waals surface area contributed by atoms with Crippen molar-refractivity contribution in [1.82, 2.24) is 20.1 Å². The van der Waals surface area contributed by atoms with Gasteiger partial charge in [-0.05, 0) is 24.7 Å². The van der Waals surface area contributed by atoms with Crippen LogP contribution in [0.4, 0.5) is 0 Å². The number of hydrogen-bond acceptors (Lipinski definition) is 3. The van der Waals surface area contributed by atoms with E-state index in [4.69, 9.17) is 0 Å². The van der Waals surface area contributed by atoms with Crippen LogP contribution in [0.3, 0.4) is 0 Å². The molecule has 3 aliphatic rings. The predicted molar refractivity (Wildman–Crippen MR) is 78.4 cm³/mol. The molecule has 2 heterocycles. The van der Waals surface area contributed by atoms with E-state index >= 15 is 0 Å². The molecule has 0 bridgehead atoms. The van der Waals surface area contributed by atoms with Crippen LogP contribution in [0.15, 0.2) is 0 Å². The summed E-state index contributed by atoms with van der Waals surface area (Å²) in [5.41, 5.74) is 0. The highest BCUT2D eigenvalue weighted by molar-refractivity contribution is 5.81. The van der Waals surface area contributed by atoms with Crippen LogP contribution < -0.4 is 5.32 Å². The van der Waals surface area contributed by atoms with Gasteiger partial charge in [0.2, 0.25) is 5.91 Å². The molecule has 114 valence electrons. The molecule has 2 fully saturated rings. The van der Waals surface area contributed by atoms with Gasteiger partial charge in [-0.25, -0.2) is 0 Å². The van der Waals surface area contributed by atoms with E-state index in [0.29, 0.717) is 12.5 Å². The van der Waals surface area contributed by atoms with E-state index in [1.807, 2.05) is 0 Å². The first-order valence-corrected chi connectivity index (χ1v) is 8.51. The normalized spacial score (nSPS) is 28.4. The molecular weight excluding hydrogens is 264 g/mol. The summed E-state index contributed by atoms with van der Waals surface area (Å²) in [5, 5.41) is 11.5. The molecule has 0 aromatic carbocycles. The number of carbonyl (C=O) groups is 1. The number of rotatable bonds is 4. The van der Waals surface area contributed by atoms with E-state index < -0.39 is 0 Å². The zero-order chi connectivity index (χ0) is 14.2. The molecule has 4 rings (SSSR count). The fourth-order valence-corrected chi connectivity index (χ4v) is 4.24. The number of amides is 1. The first kappa shape index (κ1) is 13.3. The maximum absolute atomic E-state index is 12.3. The van der Waals surface area contributed by atoms with Crippen molar-refractivity contribution in [1.29, 1.82) is 0 Å². The maximum Gasteiger partial charge on any atom is 0.223 e. The van der Waals surface area contributed by atoms with Crippen LogP contribution in [0.2, 0.25) is 0 Å². The van der Waals surface area contributed by atoms with Crippen molar-refractivity contribution in [2.45, 2.75) is 64.5 Å². The van der Waals surface area contributed by atoms with Gasteiger partial charge in [0.25, 0.3) is 0 Å². The van der Waals surface area contributed by atoms with Crippen LogP contribution >= 0.6 is 0 Å². The van der Waals surface area contributed by atoms with Gasteiger partial charge in [0.1, 0.15) is 5.82 Å². The maximum atomic E-state index is 12.3. The molecule has 1 aromatic rings. The summed E-state index contributed by atoms with van der Waals surface area (Å²) in [6.45, 7) is 1.54. The van der Waals surface area contributed by atoms with Crippen LogP contribution in [-0.4, -0.2) is 20.7 Å². The quantitative estimate of drug-likeness (QED) is 0.922. The fourth-order valence-electron chi connectivity index (χ4n) is 4.24. The second kappa shape index (κ2) is 5.43. The van der Waals surface area contributed by atoms with Crippen molar-refractivity contribution in [3.8, 4) is 0 Å². The van der Waals surface area contributed by atoms with Crippen LogP contribution in [0.1, 0.15) is 56.6 Å². The summed E-state index contributed by atoms with van der Waals surface area (Å²) in [6, 6.07) is 0. The Hall–Kier alpha value is -1.39. The van der Waals surface area contributed by atoms with E-state index in [-0.39, 0.29) is 11.8 Å². The smallest absolute Gasteiger partial charge is 0.223 e. The SMILES string of the molecule is O=C(NCc1nnc2n1CCC2)[C@@H]1C[C@@H]1C1CCCCC1. The molecule has 1 aromatic heterocycles. The zero-order valence-corrected chi connectivity index (χ0v) is 12.6. The lowest BCUT2D eigenvalue weighted by Crippen LogP contribution is -2.27. The molecule has 0 unspecified atom stereocenters. The molecule has 1 aliphatic heterocycles. The van der Waals surface area contributed by atoms with Crippen LogP contribution in [0.25, 0.3) is 0 Å². The third kappa shape index (κ3) is 2.58. The monoisotopic (exact) mass is 288 g/mol. The highest BCUT2D eigenvalue weighted by Gasteiger charge is 2.47. The summed E-state index contributed by atoms with van der Waals surface area (Å²) in [6.07, 6.45) is 10.1. The first-order chi connectivity index (χ1) is 10.3. The Morgan fingerprint density at radius 1 is 1.19 bits per heavy atom. The molecule has 5 nitrogen and oxygen atoms in total. The standard InChI is InChI=1S/C16H24N4O/c21-16(13-9-12(13)11-5-2-1-3-6-11)17-10-15-19-18-14-7-4-8-20(14)15/h11-13H,1-10H2,(H,17,21)/t12-,13-/m1/s1. The largest absolute Gasteiger partial charge is 0.349 e. The Kier molecular flexibility index (Phi) is 3.43. The van der Waals surface area contributed by atoms with Gasteiger partial charge in [0, 0.05) is 18.9 Å². The number of fused-ring (bicyclic) bond motifs is 1. The third-order valence-electron chi connectivity index (χ3n) is 5.54. The topological polar surface area (TPSA) is 59.8 Å². The summed E-state index contributed by atoms with van der Waals surface area (Å²) < 4.78 is 2.16. The number of nitrogens with one attached hydrogen (secondary N) is 1. The van der Waals surface area contributed by atoms with Gasteiger partial charge in [-0.2, -0.15) is 0 Å². The molecule has 1 N–H and O–H groups in total. The Balaban J connectivity index is 1.29. The van der Waals surface area contributed by atoms with Gasteiger partial charge in [-0.15, -0.1) is 10.2 Å². The van der Waals surface area contributed by atoms with Gasteiger partial charge in [0.05, 0.1) is 6.54 Å². The van der Waals surface area contributed by atoms with E-state index in [9.17, 15) is 4.79 Å². The van der Waals surface area contributed by atoms with Gasteiger partial charge < -0.3 is 9.88 Å². The molecule has 2 aliphatic carbocycles. The highest BCUT2D eigenvalue weighted by atomic mass is 16.2. The summed E-state index contributed by atoms with van der Waals surface area (Å²) in [5.74, 6) is 3.98. The van der Waals surface area contributed by atoms with E-state index in [2.05, 4.69) is 20.1 Å². The molecule has 0 spiro atoms. The van der Waals surface area contributed by atoms with Gasteiger partial charge in [-0.1, -0.05) is 32.1 Å². The van der Waals surface area contributed by atoms with Gasteiger partial charge in [0.15, 0.2) is 5.82 Å². The van der Waals surface area contributed by atoms with Crippen molar-refractivity contribution < 1.29 is 4.79 Å². The zero-order valence-electron chi connectivity index (χ0n) is 12.6. The Morgan fingerprint density at radius 3 is 2.90 bits per heavy atom. The predicted octanol–water partition coefficient (Wildman–Crippen LogP) is 2.06. The van der Waals surface area contributed by atoms with Crippen molar-refractivity contribution in [3.63, 3.8) is 0 Å². The molecule has 2 saturated carbocycles. The molecule has 1 amide bonds. The summed E-state index contributed by atoms with van der Waals surface area (Å²) in [7, 11) is 0. The van der Waals surface area contributed by atoms with Crippen LogP contribution in [-0.2, 0) is 24.3 Å². The van der Waals surface area contributed by atoms with Crippen LogP contribution in [0.5, 0.6) is 0 Å². The molecule has 5 heteroatoms. The molecule has 21 heavy (non-hydrogen) atoms. The summed E-state index contributed by atoms with van der Waals surface area (Å²) >= 11 is 0. The Labute approximate surface area is 125 Å². The van der Waals surface area contributed by atoms with E-state index in [0.717, 1.165) is 43.4 Å². The van der Waals surface area contributed by atoms with E-state index in [1.54, 1.807) is 0 Å². The molecular formula is C16H24N4O. The third-order valence-corrected chi connectivity index (χ3v) is 5.54. The summed E-state index contributed by atoms with van der Waals surface area (Å²) in [4.78, 5) is 12.3. The average Bonchev–Trinajstić information content (AvgIpc) is 3.03. The number of hydrogen-bond donors (Lipinski definition) is 1. The molecule has 0 radical (unpaired) electrons. The minimum Gasteiger partial charge on any atom is -0.349 e. The molecule has 0 saturated heterocycles. The van der Waals surface area contributed by atoms with Crippen molar-refractivity contribution >= 4 is 5.91 Å². The number of nitrogens with zero attached hydrogens (tertiary/aromatic N) is 3. The van der Waals surface area contributed by atoms with Crippen molar-refractivity contribution in [2.75, 3.05) is 0 Å². The Morgan fingerprint density at radius 2 is 2.05 bits per heavy atom. The van der Waals surface area contributed by atoms with E-state index in [1.165, 1.54) is 32.1 Å². The lowest BCUT2D eigenvalue weighted by atomic mass is 9.85. The second-order valence-electron chi connectivity index (χ2n) is 6.91. The fraction of sp³-hybridized carbons (Fsp3) is 0.812. The second-order valence-corrected chi connectivity index (χ2v) is 6.91. The molecule has 2 atom stereocenters. The minimum absolute atomic E-state index is 0.237. The number of carbonyl (C=O) groups excluding carboxylic acids is 1.